The van der Waals surface area contributed by atoms with Gasteiger partial charge in [-0.15, -0.1) is 0 Å². The minimum Gasteiger partial charge on any atom is -0.483 e. The lowest BCUT2D eigenvalue weighted by Crippen LogP contribution is -2.44. The molecule has 0 fully saturated rings. The Morgan fingerprint density at radius 3 is 2.48 bits per heavy atom. The zero-order chi connectivity index (χ0) is 16.0. The zero-order valence-corrected chi connectivity index (χ0v) is 11.8. The molecule has 1 amide bonds. The van der Waals surface area contributed by atoms with Gasteiger partial charge >= 0.3 is 11.9 Å². The Labute approximate surface area is 121 Å². The Kier molecular flexibility index (Phi) is 5.71. The van der Waals surface area contributed by atoms with E-state index in [-0.39, 0.29) is 6.61 Å². The number of amides is 1. The van der Waals surface area contributed by atoms with Crippen LogP contribution in [-0.2, 0) is 14.4 Å². The van der Waals surface area contributed by atoms with Crippen molar-refractivity contribution in [2.24, 2.45) is 0 Å². The summed E-state index contributed by atoms with van der Waals surface area (Å²) < 4.78 is 5.31. The Morgan fingerprint density at radius 1 is 1.24 bits per heavy atom. The normalized spacial score (nSPS) is 11.5. The number of aryl methyl sites for hydroxylation is 1. The van der Waals surface area contributed by atoms with E-state index in [1.165, 1.54) is 0 Å². The third kappa shape index (κ3) is 5.13. The number of carboxylic acids is 2. The first kappa shape index (κ1) is 16.5. The SMILES string of the molecule is Cc1cccc(OCC(=O)N[C@H](CC(=O)O)C(=O)O)c1C. The molecule has 3 N–H and O–H groups in total. The highest BCUT2D eigenvalue weighted by Crippen LogP contribution is 2.20. The average molecular weight is 295 g/mol. The van der Waals surface area contributed by atoms with Crippen LogP contribution in [0.1, 0.15) is 17.5 Å². The van der Waals surface area contributed by atoms with Gasteiger partial charge in [0.15, 0.2) is 6.61 Å². The van der Waals surface area contributed by atoms with Crippen molar-refractivity contribution in [1.29, 1.82) is 0 Å². The van der Waals surface area contributed by atoms with Gasteiger partial charge in [0.2, 0.25) is 0 Å². The van der Waals surface area contributed by atoms with Gasteiger partial charge in [0.1, 0.15) is 11.8 Å². The second kappa shape index (κ2) is 7.28. The van der Waals surface area contributed by atoms with Crippen molar-refractivity contribution < 1.29 is 29.3 Å². The summed E-state index contributed by atoms with van der Waals surface area (Å²) in [5, 5.41) is 19.5. The Hall–Kier alpha value is -2.57. The highest BCUT2D eigenvalue weighted by molar-refractivity contribution is 5.87. The molecule has 0 spiro atoms. The largest absolute Gasteiger partial charge is 0.483 e. The van der Waals surface area contributed by atoms with Gasteiger partial charge in [-0.2, -0.15) is 0 Å². The predicted molar refractivity (Wildman–Crippen MR) is 73.2 cm³/mol. The number of rotatable bonds is 7. The van der Waals surface area contributed by atoms with Crippen LogP contribution in [-0.4, -0.2) is 40.7 Å². The minimum atomic E-state index is -1.47. The maximum atomic E-state index is 11.6. The van der Waals surface area contributed by atoms with E-state index in [9.17, 15) is 14.4 Å². The summed E-state index contributed by atoms with van der Waals surface area (Å²) in [6, 6.07) is 3.90. The standard InChI is InChI=1S/C14H17NO6/c1-8-4-3-5-11(9(8)2)21-7-12(16)15-10(14(19)20)6-13(17)18/h3-5,10H,6-7H2,1-2H3,(H,15,16)(H,17,18)(H,19,20)/t10-/m1/s1. The summed E-state index contributed by atoms with van der Waals surface area (Å²) in [5.41, 5.74) is 1.88. The molecule has 1 aromatic carbocycles. The van der Waals surface area contributed by atoms with Gasteiger partial charge in [-0.25, -0.2) is 4.79 Å². The van der Waals surface area contributed by atoms with Crippen LogP contribution in [0, 0.1) is 13.8 Å². The van der Waals surface area contributed by atoms with Gasteiger partial charge < -0.3 is 20.3 Å². The van der Waals surface area contributed by atoms with Crippen LogP contribution >= 0.6 is 0 Å². The summed E-state index contributed by atoms with van der Waals surface area (Å²) >= 11 is 0. The van der Waals surface area contributed by atoms with Gasteiger partial charge in [-0.05, 0) is 31.0 Å². The number of benzene rings is 1. The first-order valence-electron chi connectivity index (χ1n) is 6.24. The molecule has 0 bridgehead atoms. The van der Waals surface area contributed by atoms with E-state index in [0.717, 1.165) is 11.1 Å². The number of hydrogen-bond acceptors (Lipinski definition) is 4. The van der Waals surface area contributed by atoms with E-state index in [1.807, 2.05) is 19.9 Å². The summed E-state index contributed by atoms with van der Waals surface area (Å²) in [5.74, 6) is -2.88. The van der Waals surface area contributed by atoms with Gasteiger partial charge in [-0.3, -0.25) is 9.59 Å². The molecule has 114 valence electrons. The lowest BCUT2D eigenvalue weighted by Gasteiger charge is -2.14. The van der Waals surface area contributed by atoms with E-state index >= 15 is 0 Å². The van der Waals surface area contributed by atoms with E-state index in [1.54, 1.807) is 12.1 Å². The Balaban J connectivity index is 2.59. The Morgan fingerprint density at radius 2 is 1.90 bits per heavy atom. The molecule has 0 aromatic heterocycles. The lowest BCUT2D eigenvalue weighted by molar-refractivity contribution is -0.147. The predicted octanol–water partition coefficient (Wildman–Crippen LogP) is 0.726. The monoisotopic (exact) mass is 295 g/mol. The zero-order valence-electron chi connectivity index (χ0n) is 11.8. The van der Waals surface area contributed by atoms with Gasteiger partial charge in [0.25, 0.3) is 5.91 Å². The molecule has 0 heterocycles. The topological polar surface area (TPSA) is 113 Å². The number of carbonyl (C=O) groups is 3. The lowest BCUT2D eigenvalue weighted by atomic mass is 10.1. The van der Waals surface area contributed by atoms with Crippen LogP contribution in [0.4, 0.5) is 0 Å². The molecule has 0 aliphatic heterocycles. The molecule has 0 saturated heterocycles. The molecular formula is C14H17NO6. The van der Waals surface area contributed by atoms with Crippen LogP contribution < -0.4 is 10.1 Å². The number of carbonyl (C=O) groups excluding carboxylic acids is 1. The van der Waals surface area contributed by atoms with E-state index in [4.69, 9.17) is 14.9 Å². The molecule has 1 atom stereocenters. The average Bonchev–Trinajstić information content (AvgIpc) is 2.39. The number of nitrogens with one attached hydrogen (secondary N) is 1. The smallest absolute Gasteiger partial charge is 0.326 e. The van der Waals surface area contributed by atoms with Crippen molar-refractivity contribution in [1.82, 2.24) is 5.32 Å². The van der Waals surface area contributed by atoms with E-state index in [0.29, 0.717) is 5.75 Å². The van der Waals surface area contributed by atoms with Crippen LogP contribution in [0.2, 0.25) is 0 Å². The number of hydrogen-bond donors (Lipinski definition) is 3. The first-order valence-corrected chi connectivity index (χ1v) is 6.24. The van der Waals surface area contributed by atoms with Crippen molar-refractivity contribution in [3.05, 3.63) is 29.3 Å². The number of carboxylic acid groups (broad SMARTS) is 2. The van der Waals surface area contributed by atoms with Crippen molar-refractivity contribution in [2.75, 3.05) is 6.61 Å². The minimum absolute atomic E-state index is 0.381. The molecule has 21 heavy (non-hydrogen) atoms. The van der Waals surface area contributed by atoms with E-state index in [2.05, 4.69) is 5.32 Å². The molecule has 1 aromatic rings. The number of ether oxygens (including phenoxy) is 1. The van der Waals surface area contributed by atoms with Crippen molar-refractivity contribution >= 4 is 17.8 Å². The van der Waals surface area contributed by atoms with Crippen LogP contribution in [0.15, 0.2) is 18.2 Å². The summed E-state index contributed by atoms with van der Waals surface area (Å²) in [4.78, 5) is 33.0. The molecule has 0 aliphatic rings. The van der Waals surface area contributed by atoms with Crippen molar-refractivity contribution in [3.63, 3.8) is 0 Å². The van der Waals surface area contributed by atoms with Gasteiger partial charge in [-0.1, -0.05) is 12.1 Å². The maximum absolute atomic E-state index is 11.6. The molecular weight excluding hydrogens is 278 g/mol. The van der Waals surface area contributed by atoms with Crippen molar-refractivity contribution in [3.8, 4) is 5.75 Å². The fourth-order valence-corrected chi connectivity index (χ4v) is 1.63. The first-order chi connectivity index (χ1) is 9.81. The highest BCUT2D eigenvalue weighted by Gasteiger charge is 2.23. The van der Waals surface area contributed by atoms with Crippen LogP contribution in [0.5, 0.6) is 5.75 Å². The molecule has 0 aliphatic carbocycles. The highest BCUT2D eigenvalue weighted by atomic mass is 16.5. The van der Waals surface area contributed by atoms with Crippen LogP contribution in [0.25, 0.3) is 0 Å². The maximum Gasteiger partial charge on any atom is 0.326 e. The molecule has 7 heteroatoms. The third-order valence-electron chi connectivity index (χ3n) is 2.93. The van der Waals surface area contributed by atoms with E-state index < -0.39 is 30.3 Å². The fraction of sp³-hybridized carbons (Fsp3) is 0.357. The van der Waals surface area contributed by atoms with Crippen molar-refractivity contribution in [2.45, 2.75) is 26.3 Å². The quantitative estimate of drug-likeness (QED) is 0.683. The summed E-state index contributed by atoms with van der Waals surface area (Å²) in [6.45, 7) is 3.36. The fourth-order valence-electron chi connectivity index (χ4n) is 1.63. The summed E-state index contributed by atoms with van der Waals surface area (Å²) in [7, 11) is 0. The second-order valence-electron chi connectivity index (χ2n) is 4.54. The Bertz CT molecular complexity index is 554. The molecule has 7 nitrogen and oxygen atoms in total. The molecule has 0 unspecified atom stereocenters. The third-order valence-corrected chi connectivity index (χ3v) is 2.93. The number of aliphatic carboxylic acids is 2. The second-order valence-corrected chi connectivity index (χ2v) is 4.54. The molecule has 0 radical (unpaired) electrons. The van der Waals surface area contributed by atoms with Gasteiger partial charge in [0, 0.05) is 0 Å². The molecule has 1 rings (SSSR count). The summed E-state index contributed by atoms with van der Waals surface area (Å²) in [6.07, 6.45) is -0.690. The van der Waals surface area contributed by atoms with Gasteiger partial charge in [0.05, 0.1) is 6.42 Å². The van der Waals surface area contributed by atoms with Crippen LogP contribution in [0.3, 0.4) is 0 Å². The molecule has 0 saturated carbocycles.